The van der Waals surface area contributed by atoms with Gasteiger partial charge < -0.3 is 15.1 Å². The first-order valence-corrected chi connectivity index (χ1v) is 8.47. The van der Waals surface area contributed by atoms with E-state index in [-0.39, 0.29) is 30.2 Å². The standard InChI is InChI=1S/C19H23FN2O2.ClH/c1-13-12-21-11-10-17(13)22-19(23)9-7-14-6-8-18(24-14)15-4-2-3-5-16(15)20;/h2-6,8,13,17,21H,7,9-12H2,1H3,(H,22,23);1H. The zero-order chi connectivity index (χ0) is 16.9. The van der Waals surface area contributed by atoms with Crippen LogP contribution in [0.2, 0.25) is 0 Å². The molecule has 0 radical (unpaired) electrons. The smallest absolute Gasteiger partial charge is 0.220 e. The normalized spacial score (nSPS) is 19.9. The molecule has 2 heterocycles. The van der Waals surface area contributed by atoms with Crippen LogP contribution in [0, 0.1) is 11.7 Å². The molecule has 2 N–H and O–H groups in total. The van der Waals surface area contributed by atoms with Gasteiger partial charge in [-0.2, -0.15) is 0 Å². The van der Waals surface area contributed by atoms with Gasteiger partial charge in [-0.1, -0.05) is 19.1 Å². The highest BCUT2D eigenvalue weighted by molar-refractivity contribution is 5.85. The Labute approximate surface area is 153 Å². The Morgan fingerprint density at radius 1 is 1.32 bits per heavy atom. The zero-order valence-corrected chi connectivity index (χ0v) is 15.1. The van der Waals surface area contributed by atoms with Crippen molar-refractivity contribution in [3.63, 3.8) is 0 Å². The molecule has 0 aliphatic carbocycles. The van der Waals surface area contributed by atoms with Crippen LogP contribution in [0.4, 0.5) is 4.39 Å². The lowest BCUT2D eigenvalue weighted by molar-refractivity contribution is -0.122. The number of amides is 1. The van der Waals surface area contributed by atoms with Crippen molar-refractivity contribution in [1.82, 2.24) is 10.6 Å². The Bertz CT molecular complexity index is 704. The van der Waals surface area contributed by atoms with Crippen molar-refractivity contribution >= 4 is 18.3 Å². The summed E-state index contributed by atoms with van der Waals surface area (Å²) >= 11 is 0. The maximum absolute atomic E-state index is 13.8. The number of benzene rings is 1. The number of hydrogen-bond acceptors (Lipinski definition) is 3. The highest BCUT2D eigenvalue weighted by atomic mass is 35.5. The van der Waals surface area contributed by atoms with E-state index in [2.05, 4.69) is 17.6 Å². The van der Waals surface area contributed by atoms with E-state index in [1.807, 2.05) is 6.07 Å². The van der Waals surface area contributed by atoms with Crippen LogP contribution in [0.15, 0.2) is 40.8 Å². The van der Waals surface area contributed by atoms with Crippen LogP contribution < -0.4 is 10.6 Å². The lowest BCUT2D eigenvalue weighted by Crippen LogP contribution is -2.48. The van der Waals surface area contributed by atoms with E-state index in [1.54, 1.807) is 24.3 Å². The molecule has 1 aromatic carbocycles. The van der Waals surface area contributed by atoms with E-state index in [4.69, 9.17) is 4.42 Å². The first-order chi connectivity index (χ1) is 11.6. The summed E-state index contributed by atoms with van der Waals surface area (Å²) in [6.45, 7) is 4.03. The van der Waals surface area contributed by atoms with E-state index in [0.29, 0.717) is 35.8 Å². The molecule has 2 atom stereocenters. The van der Waals surface area contributed by atoms with Gasteiger partial charge in [-0.15, -0.1) is 12.4 Å². The van der Waals surface area contributed by atoms with E-state index >= 15 is 0 Å². The Morgan fingerprint density at radius 3 is 2.88 bits per heavy atom. The summed E-state index contributed by atoms with van der Waals surface area (Å²) in [4.78, 5) is 12.1. The summed E-state index contributed by atoms with van der Waals surface area (Å²) in [5.74, 6) is 1.37. The molecular weight excluding hydrogens is 343 g/mol. The third-order valence-electron chi connectivity index (χ3n) is 4.53. The van der Waals surface area contributed by atoms with Crippen molar-refractivity contribution in [2.45, 2.75) is 32.2 Å². The molecule has 1 aromatic heterocycles. The number of carbonyl (C=O) groups is 1. The van der Waals surface area contributed by atoms with E-state index in [1.165, 1.54) is 6.07 Å². The van der Waals surface area contributed by atoms with Crippen LogP contribution in [-0.4, -0.2) is 25.0 Å². The maximum atomic E-state index is 13.8. The monoisotopic (exact) mass is 366 g/mol. The molecule has 4 nitrogen and oxygen atoms in total. The highest BCUT2D eigenvalue weighted by Crippen LogP contribution is 2.25. The van der Waals surface area contributed by atoms with Gasteiger partial charge in [-0.3, -0.25) is 4.79 Å². The summed E-state index contributed by atoms with van der Waals surface area (Å²) in [7, 11) is 0. The number of nitrogens with one attached hydrogen (secondary N) is 2. The first kappa shape index (κ1) is 19.5. The van der Waals surface area contributed by atoms with Crippen LogP contribution in [-0.2, 0) is 11.2 Å². The Hall–Kier alpha value is -1.85. The van der Waals surface area contributed by atoms with Gasteiger partial charge in [0.1, 0.15) is 17.3 Å². The Balaban J connectivity index is 0.00000225. The fraction of sp³-hybridized carbons (Fsp3) is 0.421. The highest BCUT2D eigenvalue weighted by Gasteiger charge is 2.22. The SMILES string of the molecule is CC1CNCCC1NC(=O)CCc1ccc(-c2ccccc2F)o1.Cl. The van der Waals surface area contributed by atoms with Gasteiger partial charge in [0, 0.05) is 18.9 Å². The van der Waals surface area contributed by atoms with Crippen molar-refractivity contribution < 1.29 is 13.6 Å². The quantitative estimate of drug-likeness (QED) is 0.850. The molecule has 0 saturated carbocycles. The summed E-state index contributed by atoms with van der Waals surface area (Å²) in [6.07, 6.45) is 1.85. The topological polar surface area (TPSA) is 54.3 Å². The van der Waals surface area contributed by atoms with Crippen LogP contribution in [0.3, 0.4) is 0 Å². The lowest BCUT2D eigenvalue weighted by atomic mass is 9.95. The summed E-state index contributed by atoms with van der Waals surface area (Å²) in [5.41, 5.74) is 0.441. The number of carbonyl (C=O) groups excluding carboxylic acids is 1. The van der Waals surface area contributed by atoms with Crippen molar-refractivity contribution in [3.8, 4) is 11.3 Å². The van der Waals surface area contributed by atoms with Gasteiger partial charge in [-0.05, 0) is 49.7 Å². The molecule has 25 heavy (non-hydrogen) atoms. The van der Waals surface area contributed by atoms with Crippen LogP contribution >= 0.6 is 12.4 Å². The molecule has 1 saturated heterocycles. The molecule has 1 amide bonds. The number of halogens is 2. The first-order valence-electron chi connectivity index (χ1n) is 8.47. The summed E-state index contributed by atoms with van der Waals surface area (Å²) in [5, 5.41) is 6.43. The van der Waals surface area contributed by atoms with Gasteiger partial charge in [0.05, 0.1) is 5.56 Å². The second-order valence-corrected chi connectivity index (χ2v) is 6.39. The van der Waals surface area contributed by atoms with Gasteiger partial charge in [0.25, 0.3) is 0 Å². The fourth-order valence-corrected chi connectivity index (χ4v) is 3.06. The van der Waals surface area contributed by atoms with E-state index in [9.17, 15) is 9.18 Å². The predicted octanol–water partition coefficient (Wildman–Crippen LogP) is 3.55. The number of hydrogen-bond donors (Lipinski definition) is 2. The predicted molar refractivity (Wildman–Crippen MR) is 98.3 cm³/mol. The molecule has 1 aliphatic rings. The average Bonchev–Trinajstić information content (AvgIpc) is 3.04. The van der Waals surface area contributed by atoms with Gasteiger partial charge >= 0.3 is 0 Å². The molecule has 0 bridgehead atoms. The molecule has 1 aliphatic heterocycles. The second kappa shape index (κ2) is 9.02. The number of furan rings is 1. The van der Waals surface area contributed by atoms with E-state index < -0.39 is 0 Å². The molecule has 2 aromatic rings. The maximum Gasteiger partial charge on any atom is 0.220 e. The Kier molecular flexibility index (Phi) is 7.02. The van der Waals surface area contributed by atoms with Crippen molar-refractivity contribution in [3.05, 3.63) is 48.0 Å². The minimum absolute atomic E-state index is 0. The largest absolute Gasteiger partial charge is 0.461 e. The third-order valence-corrected chi connectivity index (χ3v) is 4.53. The third kappa shape index (κ3) is 5.06. The van der Waals surface area contributed by atoms with Crippen LogP contribution in [0.5, 0.6) is 0 Å². The lowest BCUT2D eigenvalue weighted by Gasteiger charge is -2.30. The average molecular weight is 367 g/mol. The number of rotatable bonds is 5. The fourth-order valence-electron chi connectivity index (χ4n) is 3.06. The molecular formula is C19H24ClFN2O2. The summed E-state index contributed by atoms with van der Waals surface area (Å²) < 4.78 is 19.4. The molecule has 2 unspecified atom stereocenters. The van der Waals surface area contributed by atoms with Crippen molar-refractivity contribution in [2.24, 2.45) is 5.92 Å². The van der Waals surface area contributed by atoms with Crippen LogP contribution in [0.1, 0.15) is 25.5 Å². The molecule has 0 spiro atoms. The number of piperidine rings is 1. The van der Waals surface area contributed by atoms with Gasteiger partial charge in [-0.25, -0.2) is 4.39 Å². The molecule has 136 valence electrons. The van der Waals surface area contributed by atoms with Gasteiger partial charge in [0.15, 0.2) is 0 Å². The second-order valence-electron chi connectivity index (χ2n) is 6.39. The summed E-state index contributed by atoms with van der Waals surface area (Å²) in [6, 6.07) is 10.3. The molecule has 3 rings (SSSR count). The van der Waals surface area contributed by atoms with Crippen LogP contribution in [0.25, 0.3) is 11.3 Å². The minimum atomic E-state index is -0.309. The number of aryl methyl sites for hydroxylation is 1. The van der Waals surface area contributed by atoms with E-state index in [0.717, 1.165) is 19.5 Å². The minimum Gasteiger partial charge on any atom is -0.461 e. The zero-order valence-electron chi connectivity index (χ0n) is 14.3. The molecule has 6 heteroatoms. The molecule has 1 fully saturated rings. The van der Waals surface area contributed by atoms with Crippen molar-refractivity contribution in [1.29, 1.82) is 0 Å². The van der Waals surface area contributed by atoms with Crippen molar-refractivity contribution in [2.75, 3.05) is 13.1 Å². The van der Waals surface area contributed by atoms with Gasteiger partial charge in [0.2, 0.25) is 5.91 Å². The Morgan fingerprint density at radius 2 is 2.12 bits per heavy atom.